The van der Waals surface area contributed by atoms with Gasteiger partial charge in [-0.25, -0.2) is 4.79 Å². The van der Waals surface area contributed by atoms with E-state index in [0.717, 1.165) is 70.9 Å². The van der Waals surface area contributed by atoms with E-state index in [9.17, 15) is 14.4 Å². The maximum absolute atomic E-state index is 11.9. The summed E-state index contributed by atoms with van der Waals surface area (Å²) in [5.74, 6) is -0.479. The van der Waals surface area contributed by atoms with Crippen molar-refractivity contribution < 1.29 is 24.0 Å². The SMILES string of the molecule is CCCCNC(=O)CCCCCCC/C=C/CCCCCCCC(=O)NCCC[N+](C)(C)CC(=O)O. The van der Waals surface area contributed by atoms with E-state index in [-0.39, 0.29) is 18.4 Å². The largest absolute Gasteiger partial charge is 0.477 e. The van der Waals surface area contributed by atoms with Crippen molar-refractivity contribution in [2.45, 2.75) is 116 Å². The third-order valence-corrected chi connectivity index (χ3v) is 6.39. The van der Waals surface area contributed by atoms with Gasteiger partial charge >= 0.3 is 5.97 Å². The number of hydrogen-bond acceptors (Lipinski definition) is 3. The van der Waals surface area contributed by atoms with Crippen LogP contribution in [0.5, 0.6) is 0 Å². The second kappa shape index (κ2) is 23.5. The summed E-state index contributed by atoms with van der Waals surface area (Å²) >= 11 is 0. The molecule has 0 unspecified atom stereocenters. The average molecular weight is 511 g/mol. The first-order chi connectivity index (χ1) is 17.3. The van der Waals surface area contributed by atoms with Gasteiger partial charge in [-0.1, -0.05) is 64.0 Å². The predicted molar refractivity (Wildman–Crippen MR) is 149 cm³/mol. The number of quaternary nitrogens is 1. The third kappa shape index (κ3) is 25.2. The number of aliphatic carboxylic acids is 1. The molecule has 210 valence electrons. The van der Waals surface area contributed by atoms with Crippen LogP contribution in [-0.4, -0.2) is 67.6 Å². The number of rotatable bonds is 25. The van der Waals surface area contributed by atoms with Crippen LogP contribution in [0.25, 0.3) is 0 Å². The second-order valence-electron chi connectivity index (χ2n) is 10.7. The number of hydrogen-bond donors (Lipinski definition) is 3. The maximum Gasteiger partial charge on any atom is 0.359 e. The minimum atomic E-state index is -0.792. The van der Waals surface area contributed by atoms with Gasteiger partial charge < -0.3 is 20.2 Å². The van der Waals surface area contributed by atoms with E-state index in [0.29, 0.717) is 23.9 Å². The Bertz CT molecular complexity index is 605. The maximum atomic E-state index is 11.9. The van der Waals surface area contributed by atoms with Crippen LogP contribution < -0.4 is 10.6 Å². The van der Waals surface area contributed by atoms with Crippen LogP contribution in [0.3, 0.4) is 0 Å². The molecule has 0 aliphatic rings. The molecule has 0 saturated carbocycles. The van der Waals surface area contributed by atoms with Gasteiger partial charge in [-0.3, -0.25) is 9.59 Å². The molecule has 0 bridgehead atoms. The van der Waals surface area contributed by atoms with E-state index >= 15 is 0 Å². The summed E-state index contributed by atoms with van der Waals surface area (Å²) in [4.78, 5) is 34.4. The minimum Gasteiger partial charge on any atom is -0.477 e. The fraction of sp³-hybridized carbons (Fsp3) is 0.828. The molecule has 0 atom stereocenters. The van der Waals surface area contributed by atoms with Gasteiger partial charge in [0.2, 0.25) is 11.8 Å². The lowest BCUT2D eigenvalue weighted by Gasteiger charge is -2.27. The van der Waals surface area contributed by atoms with Crippen molar-refractivity contribution in [3.63, 3.8) is 0 Å². The van der Waals surface area contributed by atoms with Crippen molar-refractivity contribution >= 4 is 17.8 Å². The standard InChI is InChI=1S/C29H55N3O4/c1-4-5-23-30-27(33)21-18-16-14-12-10-8-6-7-9-11-13-15-17-19-22-28(34)31-24-20-25-32(2,3)26-29(35)36/h6-7H,4-5,8-26H2,1-3H3,(H2-,30,31,33,34,35,36)/p+1/b7-6+. The van der Waals surface area contributed by atoms with E-state index in [2.05, 4.69) is 29.7 Å². The van der Waals surface area contributed by atoms with Crippen LogP contribution in [0.4, 0.5) is 0 Å². The highest BCUT2D eigenvalue weighted by Gasteiger charge is 2.18. The van der Waals surface area contributed by atoms with Crippen molar-refractivity contribution in [1.29, 1.82) is 0 Å². The van der Waals surface area contributed by atoms with Gasteiger partial charge in [0.25, 0.3) is 0 Å². The number of carboxylic acid groups (broad SMARTS) is 1. The quantitative estimate of drug-likeness (QED) is 0.0848. The van der Waals surface area contributed by atoms with E-state index < -0.39 is 5.97 Å². The van der Waals surface area contributed by atoms with E-state index in [4.69, 9.17) is 5.11 Å². The highest BCUT2D eigenvalue weighted by atomic mass is 16.4. The number of carboxylic acids is 1. The number of likely N-dealkylation sites (N-methyl/N-ethyl adjacent to an activating group) is 1. The van der Waals surface area contributed by atoms with Gasteiger partial charge in [-0.2, -0.15) is 0 Å². The van der Waals surface area contributed by atoms with E-state index in [1.165, 1.54) is 38.5 Å². The summed E-state index contributed by atoms with van der Waals surface area (Å²) in [7, 11) is 3.80. The Morgan fingerprint density at radius 1 is 0.667 bits per heavy atom. The smallest absolute Gasteiger partial charge is 0.359 e. The zero-order chi connectivity index (χ0) is 26.9. The molecule has 0 aromatic rings. The summed E-state index contributed by atoms with van der Waals surface area (Å²) in [6.07, 6.45) is 22.7. The Hall–Kier alpha value is -1.89. The van der Waals surface area contributed by atoms with Gasteiger partial charge in [0.1, 0.15) is 0 Å². The van der Waals surface area contributed by atoms with Crippen LogP contribution in [0.1, 0.15) is 116 Å². The molecule has 0 radical (unpaired) electrons. The molecule has 0 heterocycles. The van der Waals surface area contributed by atoms with Crippen LogP contribution in [-0.2, 0) is 14.4 Å². The summed E-state index contributed by atoms with van der Waals surface area (Å²) in [5, 5.41) is 14.8. The summed E-state index contributed by atoms with van der Waals surface area (Å²) < 4.78 is 0.433. The molecule has 0 aromatic carbocycles. The minimum absolute atomic E-state index is 0.104. The number of amides is 2. The molecule has 0 aromatic heterocycles. The number of nitrogens with one attached hydrogen (secondary N) is 2. The molecule has 36 heavy (non-hydrogen) atoms. The number of unbranched alkanes of at least 4 members (excludes halogenated alkanes) is 11. The first kappa shape index (κ1) is 34.1. The zero-order valence-electron chi connectivity index (χ0n) is 23.6. The molecule has 0 spiro atoms. The van der Waals surface area contributed by atoms with Gasteiger partial charge in [-0.15, -0.1) is 0 Å². The molecule has 0 aliphatic heterocycles. The molecule has 0 fully saturated rings. The molecule has 0 aliphatic carbocycles. The van der Waals surface area contributed by atoms with Crippen LogP contribution >= 0.6 is 0 Å². The van der Waals surface area contributed by atoms with E-state index in [1.807, 2.05) is 14.1 Å². The molecule has 2 amide bonds. The fourth-order valence-corrected chi connectivity index (χ4v) is 4.15. The third-order valence-electron chi connectivity index (χ3n) is 6.39. The van der Waals surface area contributed by atoms with Crippen LogP contribution in [0, 0.1) is 0 Å². The lowest BCUT2D eigenvalue weighted by molar-refractivity contribution is -0.883. The molecule has 3 N–H and O–H groups in total. The van der Waals surface area contributed by atoms with Crippen molar-refractivity contribution in [2.24, 2.45) is 0 Å². The van der Waals surface area contributed by atoms with Gasteiger partial charge in [0.05, 0.1) is 20.6 Å². The predicted octanol–water partition coefficient (Wildman–Crippen LogP) is 5.59. The second-order valence-corrected chi connectivity index (χ2v) is 10.7. The molecular weight excluding hydrogens is 454 g/mol. The first-order valence-electron chi connectivity index (χ1n) is 14.5. The Kier molecular flexibility index (Phi) is 22.3. The molecule has 7 heteroatoms. The van der Waals surface area contributed by atoms with Crippen molar-refractivity contribution in [2.75, 3.05) is 40.3 Å². The number of carbonyl (C=O) groups excluding carboxylic acids is 2. The number of carbonyl (C=O) groups is 3. The fourth-order valence-electron chi connectivity index (χ4n) is 4.15. The molecular formula is C29H56N3O4+. The Morgan fingerprint density at radius 2 is 1.11 bits per heavy atom. The normalized spacial score (nSPS) is 11.6. The van der Waals surface area contributed by atoms with Crippen molar-refractivity contribution in [3.05, 3.63) is 12.2 Å². The van der Waals surface area contributed by atoms with Gasteiger partial charge in [-0.05, 0) is 44.9 Å². The Labute approximate surface area is 221 Å². The monoisotopic (exact) mass is 510 g/mol. The van der Waals surface area contributed by atoms with Crippen molar-refractivity contribution in [3.8, 4) is 0 Å². The first-order valence-corrected chi connectivity index (χ1v) is 14.5. The topological polar surface area (TPSA) is 95.5 Å². The summed E-state index contributed by atoms with van der Waals surface area (Å²) in [5.41, 5.74) is 0. The summed E-state index contributed by atoms with van der Waals surface area (Å²) in [6, 6.07) is 0. The zero-order valence-corrected chi connectivity index (χ0v) is 23.6. The van der Waals surface area contributed by atoms with Gasteiger partial charge in [0.15, 0.2) is 6.54 Å². The Morgan fingerprint density at radius 3 is 1.58 bits per heavy atom. The van der Waals surface area contributed by atoms with Crippen molar-refractivity contribution in [1.82, 2.24) is 10.6 Å². The Balaban J connectivity index is 3.39. The molecule has 0 rings (SSSR count). The molecule has 0 saturated heterocycles. The summed E-state index contributed by atoms with van der Waals surface area (Å²) in [6.45, 7) is 4.41. The lowest BCUT2D eigenvalue weighted by atomic mass is 10.1. The van der Waals surface area contributed by atoms with E-state index in [1.54, 1.807) is 0 Å². The highest BCUT2D eigenvalue weighted by Crippen LogP contribution is 2.10. The number of nitrogens with zero attached hydrogens (tertiary/aromatic N) is 1. The number of allylic oxidation sites excluding steroid dienone is 2. The highest BCUT2D eigenvalue weighted by molar-refractivity contribution is 5.76. The average Bonchev–Trinajstić information content (AvgIpc) is 2.81. The van der Waals surface area contributed by atoms with Gasteiger partial charge in [0, 0.05) is 32.4 Å². The van der Waals surface area contributed by atoms with Crippen LogP contribution in [0.2, 0.25) is 0 Å². The molecule has 7 nitrogen and oxygen atoms in total. The lowest BCUT2D eigenvalue weighted by Crippen LogP contribution is -2.45. The van der Waals surface area contributed by atoms with Crippen LogP contribution in [0.15, 0.2) is 12.2 Å².